The first-order valence-corrected chi connectivity index (χ1v) is 5.89. The van der Waals surface area contributed by atoms with E-state index in [0.29, 0.717) is 17.5 Å². The van der Waals surface area contributed by atoms with Crippen LogP contribution in [0.15, 0.2) is 43.4 Å². The molecule has 19 heavy (non-hydrogen) atoms. The molecule has 3 aromatic rings. The molecule has 7 heteroatoms. The van der Waals surface area contributed by atoms with Gasteiger partial charge in [-0.1, -0.05) is 19.9 Å². The van der Waals surface area contributed by atoms with E-state index >= 15 is 0 Å². The summed E-state index contributed by atoms with van der Waals surface area (Å²) in [5.74, 6) is 0.921. The van der Waals surface area contributed by atoms with Crippen LogP contribution in [0, 0.1) is 0 Å². The Morgan fingerprint density at radius 3 is 2.58 bits per heavy atom. The lowest BCUT2D eigenvalue weighted by Crippen LogP contribution is -2.04. The molecule has 7 nitrogen and oxygen atoms in total. The molecule has 0 unspecified atom stereocenters. The van der Waals surface area contributed by atoms with Crippen LogP contribution in [0.4, 0.5) is 0 Å². The number of hydrogen-bond acceptors (Lipinski definition) is 6. The minimum atomic E-state index is 0.415. The van der Waals surface area contributed by atoms with Gasteiger partial charge in [-0.15, -0.1) is 0 Å². The lowest BCUT2D eigenvalue weighted by molar-refractivity contribution is 0.795. The highest BCUT2D eigenvalue weighted by Gasteiger charge is 2.05. The van der Waals surface area contributed by atoms with Gasteiger partial charge in [0.2, 0.25) is 0 Å². The minimum Gasteiger partial charge on any atom is -0.253 e. The summed E-state index contributed by atoms with van der Waals surface area (Å²) in [6, 6.07) is 5.55. The summed E-state index contributed by atoms with van der Waals surface area (Å²) in [6.45, 7) is 4.00. The Morgan fingerprint density at radius 2 is 1.89 bits per heavy atom. The first-order chi connectivity index (χ1) is 9.43. The van der Waals surface area contributed by atoms with E-state index in [4.69, 9.17) is 0 Å². The van der Waals surface area contributed by atoms with Gasteiger partial charge in [-0.05, 0) is 12.1 Å². The Morgan fingerprint density at radius 1 is 1.00 bits per heavy atom. The van der Waals surface area contributed by atoms with Crippen LogP contribution < -0.4 is 0 Å². The molecule has 0 saturated carbocycles. The largest absolute Gasteiger partial charge is 0.255 e. The standard InChI is InChI=1S/C10H7N7.C2H6/c1-2-4-12-8(3-1)9-13-6-14-10(16-9)17-7-11-5-15-17;1-2/h1-7H;1-2H3. The molecule has 3 heterocycles. The molecule has 0 N–H and O–H groups in total. The van der Waals surface area contributed by atoms with Crippen LogP contribution in [0.2, 0.25) is 0 Å². The van der Waals surface area contributed by atoms with Crippen molar-refractivity contribution in [3.05, 3.63) is 43.4 Å². The average molecular weight is 255 g/mol. The van der Waals surface area contributed by atoms with Gasteiger partial charge in [0.05, 0.1) is 0 Å². The topological polar surface area (TPSA) is 82.3 Å². The second-order valence-corrected chi connectivity index (χ2v) is 3.16. The molecule has 0 amide bonds. The van der Waals surface area contributed by atoms with Gasteiger partial charge in [-0.2, -0.15) is 19.7 Å². The van der Waals surface area contributed by atoms with Crippen LogP contribution in [0.25, 0.3) is 17.5 Å². The minimum absolute atomic E-state index is 0.415. The smallest absolute Gasteiger partial charge is 0.253 e. The van der Waals surface area contributed by atoms with Crippen LogP contribution in [0.3, 0.4) is 0 Å². The van der Waals surface area contributed by atoms with Crippen LogP contribution in [0.5, 0.6) is 0 Å². The van der Waals surface area contributed by atoms with E-state index in [1.54, 1.807) is 6.20 Å². The van der Waals surface area contributed by atoms with Gasteiger partial charge in [0.15, 0.2) is 5.82 Å². The number of pyridine rings is 1. The first kappa shape index (κ1) is 12.7. The summed E-state index contributed by atoms with van der Waals surface area (Å²) >= 11 is 0. The SMILES string of the molecule is CC.c1ccc(-c2ncnc(-n3cncn3)n2)nc1. The van der Waals surface area contributed by atoms with Crippen molar-refractivity contribution < 1.29 is 0 Å². The Bertz CT molecular complexity index is 607. The van der Waals surface area contributed by atoms with Gasteiger partial charge < -0.3 is 0 Å². The Balaban J connectivity index is 0.000000637. The van der Waals surface area contributed by atoms with Gasteiger partial charge >= 0.3 is 0 Å². The van der Waals surface area contributed by atoms with Crippen LogP contribution in [-0.4, -0.2) is 34.7 Å². The number of nitrogens with zero attached hydrogens (tertiary/aromatic N) is 7. The summed E-state index contributed by atoms with van der Waals surface area (Å²) in [5.41, 5.74) is 0.691. The maximum absolute atomic E-state index is 4.26. The second-order valence-electron chi connectivity index (χ2n) is 3.16. The van der Waals surface area contributed by atoms with Crippen LogP contribution >= 0.6 is 0 Å². The van der Waals surface area contributed by atoms with Gasteiger partial charge in [0.1, 0.15) is 24.7 Å². The maximum atomic E-state index is 4.26. The molecule has 0 spiro atoms. The van der Waals surface area contributed by atoms with Crippen molar-refractivity contribution in [2.24, 2.45) is 0 Å². The van der Waals surface area contributed by atoms with Crippen molar-refractivity contribution in [3.8, 4) is 17.5 Å². The third kappa shape index (κ3) is 2.95. The van der Waals surface area contributed by atoms with Gasteiger partial charge in [0.25, 0.3) is 5.95 Å². The predicted octanol–water partition coefficient (Wildman–Crippen LogP) is 1.54. The molecule has 0 radical (unpaired) electrons. The molecule has 0 aliphatic carbocycles. The Kier molecular flexibility index (Phi) is 4.22. The molecular formula is C12H13N7. The van der Waals surface area contributed by atoms with Gasteiger partial charge in [0, 0.05) is 6.20 Å². The first-order valence-electron chi connectivity index (χ1n) is 5.89. The van der Waals surface area contributed by atoms with Crippen LogP contribution in [-0.2, 0) is 0 Å². The number of aromatic nitrogens is 7. The van der Waals surface area contributed by atoms with E-state index in [-0.39, 0.29) is 0 Å². The van der Waals surface area contributed by atoms with E-state index in [0.717, 1.165) is 0 Å². The molecule has 0 bridgehead atoms. The monoisotopic (exact) mass is 255 g/mol. The summed E-state index contributed by atoms with van der Waals surface area (Å²) in [4.78, 5) is 20.4. The molecular weight excluding hydrogens is 242 g/mol. The highest BCUT2D eigenvalue weighted by molar-refractivity contribution is 5.48. The van der Waals surface area contributed by atoms with E-state index in [9.17, 15) is 0 Å². The van der Waals surface area contributed by atoms with Crippen molar-refractivity contribution in [2.75, 3.05) is 0 Å². The zero-order chi connectivity index (χ0) is 13.5. The third-order valence-corrected chi connectivity index (χ3v) is 2.08. The molecule has 0 saturated heterocycles. The van der Waals surface area contributed by atoms with E-state index < -0.39 is 0 Å². The summed E-state index contributed by atoms with van der Waals surface area (Å²) < 4.78 is 1.47. The summed E-state index contributed by atoms with van der Waals surface area (Å²) in [5, 5.41) is 3.95. The highest BCUT2D eigenvalue weighted by atomic mass is 15.4. The fourth-order valence-corrected chi connectivity index (χ4v) is 1.33. The molecule has 3 rings (SSSR count). The summed E-state index contributed by atoms with van der Waals surface area (Å²) in [7, 11) is 0. The third-order valence-electron chi connectivity index (χ3n) is 2.08. The molecule has 0 fully saturated rings. The zero-order valence-electron chi connectivity index (χ0n) is 10.7. The molecule has 96 valence electrons. The Hall–Kier alpha value is -2.70. The van der Waals surface area contributed by atoms with Crippen LogP contribution in [0.1, 0.15) is 13.8 Å². The van der Waals surface area contributed by atoms with Crippen molar-refractivity contribution in [1.82, 2.24) is 34.7 Å². The maximum Gasteiger partial charge on any atom is 0.255 e. The average Bonchev–Trinajstić information content (AvgIpc) is 3.05. The van der Waals surface area contributed by atoms with Crippen molar-refractivity contribution in [1.29, 1.82) is 0 Å². The summed E-state index contributed by atoms with van der Waals surface area (Å²) in [6.07, 6.45) is 6.06. The fraction of sp³-hybridized carbons (Fsp3) is 0.167. The number of rotatable bonds is 2. The van der Waals surface area contributed by atoms with E-state index in [2.05, 4.69) is 30.0 Å². The van der Waals surface area contributed by atoms with Crippen molar-refractivity contribution >= 4 is 0 Å². The lowest BCUT2D eigenvalue weighted by atomic mass is 10.3. The quantitative estimate of drug-likeness (QED) is 0.690. The lowest BCUT2D eigenvalue weighted by Gasteiger charge is -2.00. The van der Waals surface area contributed by atoms with Gasteiger partial charge in [-0.3, -0.25) is 4.98 Å². The van der Waals surface area contributed by atoms with Crippen molar-refractivity contribution in [2.45, 2.75) is 13.8 Å². The zero-order valence-corrected chi connectivity index (χ0v) is 10.7. The molecule has 3 aromatic heterocycles. The molecule has 0 aliphatic heterocycles. The Labute approximate surface area is 110 Å². The number of hydrogen-bond donors (Lipinski definition) is 0. The van der Waals surface area contributed by atoms with Gasteiger partial charge in [-0.25, -0.2) is 9.97 Å². The fourth-order valence-electron chi connectivity index (χ4n) is 1.33. The van der Waals surface area contributed by atoms with Crippen molar-refractivity contribution in [3.63, 3.8) is 0 Å². The normalized spacial score (nSPS) is 9.58. The molecule has 0 atom stereocenters. The van der Waals surface area contributed by atoms with E-state index in [1.165, 1.54) is 23.7 Å². The van der Waals surface area contributed by atoms with E-state index in [1.807, 2.05) is 32.0 Å². The molecule has 0 aromatic carbocycles. The highest BCUT2D eigenvalue weighted by Crippen LogP contribution is 2.10. The second kappa shape index (κ2) is 6.29. The molecule has 0 aliphatic rings. The predicted molar refractivity (Wildman–Crippen MR) is 69.3 cm³/mol.